The van der Waals surface area contributed by atoms with Gasteiger partial charge in [0, 0.05) is 32.6 Å². The molecule has 0 aliphatic carbocycles. The van der Waals surface area contributed by atoms with Gasteiger partial charge in [-0.15, -0.1) is 0 Å². The van der Waals surface area contributed by atoms with Crippen LogP contribution in [0.3, 0.4) is 0 Å². The molecule has 1 aliphatic heterocycles. The standard InChI is InChI=1S/C12H22N2O4/c1-3-18-12(17)6-11(16)8-14-5-4-10(7-14)13-9(2)15/h10-11,16H,3-8H2,1-2H3,(H,13,15). The maximum Gasteiger partial charge on any atom is 0.308 e. The van der Waals surface area contributed by atoms with E-state index in [1.54, 1.807) is 6.92 Å². The summed E-state index contributed by atoms with van der Waals surface area (Å²) in [5, 5.41) is 12.6. The van der Waals surface area contributed by atoms with Crippen molar-refractivity contribution in [1.82, 2.24) is 10.2 Å². The SMILES string of the molecule is CCOC(=O)CC(O)CN1CCC(NC(C)=O)C1. The van der Waals surface area contributed by atoms with Gasteiger partial charge < -0.3 is 15.2 Å². The van der Waals surface area contributed by atoms with E-state index in [1.807, 2.05) is 4.90 Å². The Kier molecular flexibility index (Phi) is 6.07. The van der Waals surface area contributed by atoms with Crippen LogP contribution in [0.1, 0.15) is 26.7 Å². The van der Waals surface area contributed by atoms with Gasteiger partial charge in [-0.2, -0.15) is 0 Å². The average molecular weight is 258 g/mol. The number of carbonyl (C=O) groups is 2. The molecule has 1 rings (SSSR count). The maximum atomic E-state index is 11.2. The van der Waals surface area contributed by atoms with Crippen LogP contribution >= 0.6 is 0 Å². The first-order valence-corrected chi connectivity index (χ1v) is 6.34. The van der Waals surface area contributed by atoms with Crippen molar-refractivity contribution >= 4 is 11.9 Å². The summed E-state index contributed by atoms with van der Waals surface area (Å²) in [6.45, 7) is 5.56. The number of aliphatic hydroxyl groups excluding tert-OH is 1. The molecule has 1 amide bonds. The summed E-state index contributed by atoms with van der Waals surface area (Å²) < 4.78 is 4.78. The molecule has 0 aromatic carbocycles. The number of rotatable bonds is 6. The second-order valence-corrected chi connectivity index (χ2v) is 4.61. The van der Waals surface area contributed by atoms with E-state index in [2.05, 4.69) is 5.32 Å². The first kappa shape index (κ1) is 14.9. The third-order valence-corrected chi connectivity index (χ3v) is 2.86. The number of likely N-dealkylation sites (tertiary alicyclic amines) is 1. The number of nitrogens with one attached hydrogen (secondary N) is 1. The van der Waals surface area contributed by atoms with E-state index in [-0.39, 0.29) is 24.3 Å². The van der Waals surface area contributed by atoms with E-state index in [0.717, 1.165) is 19.5 Å². The zero-order chi connectivity index (χ0) is 13.5. The number of nitrogens with zero attached hydrogens (tertiary/aromatic N) is 1. The fraction of sp³-hybridized carbons (Fsp3) is 0.833. The van der Waals surface area contributed by atoms with E-state index in [4.69, 9.17) is 4.74 Å². The molecule has 1 saturated heterocycles. The van der Waals surface area contributed by atoms with E-state index in [1.165, 1.54) is 6.92 Å². The number of carbonyl (C=O) groups excluding carboxylic acids is 2. The van der Waals surface area contributed by atoms with Gasteiger partial charge in [-0.25, -0.2) is 0 Å². The van der Waals surface area contributed by atoms with Crippen LogP contribution in [0.2, 0.25) is 0 Å². The summed E-state index contributed by atoms with van der Waals surface area (Å²) >= 11 is 0. The molecule has 0 aromatic rings. The Bertz CT molecular complexity index is 296. The Balaban J connectivity index is 2.23. The van der Waals surface area contributed by atoms with Crippen molar-refractivity contribution in [2.75, 3.05) is 26.2 Å². The first-order chi connectivity index (χ1) is 8.51. The van der Waals surface area contributed by atoms with Crippen LogP contribution in [-0.2, 0) is 14.3 Å². The molecule has 0 bridgehead atoms. The van der Waals surface area contributed by atoms with Crippen molar-refractivity contribution in [2.45, 2.75) is 38.8 Å². The minimum absolute atomic E-state index is 0.0230. The normalized spacial score (nSPS) is 21.6. The lowest BCUT2D eigenvalue weighted by Gasteiger charge is -2.19. The van der Waals surface area contributed by atoms with Crippen LogP contribution < -0.4 is 5.32 Å². The number of esters is 1. The highest BCUT2D eigenvalue weighted by Crippen LogP contribution is 2.10. The lowest BCUT2D eigenvalue weighted by molar-refractivity contribution is -0.145. The molecular weight excluding hydrogens is 236 g/mol. The molecule has 18 heavy (non-hydrogen) atoms. The maximum absolute atomic E-state index is 11.2. The van der Waals surface area contributed by atoms with Crippen molar-refractivity contribution in [3.05, 3.63) is 0 Å². The smallest absolute Gasteiger partial charge is 0.308 e. The molecule has 6 heteroatoms. The van der Waals surface area contributed by atoms with Gasteiger partial charge >= 0.3 is 5.97 Å². The van der Waals surface area contributed by atoms with Gasteiger partial charge in [-0.1, -0.05) is 0 Å². The molecule has 1 fully saturated rings. The van der Waals surface area contributed by atoms with Gasteiger partial charge in [0.15, 0.2) is 0 Å². The van der Waals surface area contributed by atoms with Crippen LogP contribution in [0, 0.1) is 0 Å². The Morgan fingerprint density at radius 3 is 2.89 bits per heavy atom. The van der Waals surface area contributed by atoms with Gasteiger partial charge in [-0.05, 0) is 13.3 Å². The zero-order valence-corrected chi connectivity index (χ0v) is 11.0. The summed E-state index contributed by atoms with van der Waals surface area (Å²) in [5.74, 6) is -0.406. The highest BCUT2D eigenvalue weighted by atomic mass is 16.5. The number of β-amino-alcohol motifs (C(OH)–C–C–N with tert-alkyl or cyclic N) is 1. The van der Waals surface area contributed by atoms with E-state index < -0.39 is 6.10 Å². The van der Waals surface area contributed by atoms with E-state index >= 15 is 0 Å². The van der Waals surface area contributed by atoms with Crippen LogP contribution in [0.25, 0.3) is 0 Å². The number of hydrogen-bond acceptors (Lipinski definition) is 5. The summed E-state index contributed by atoms with van der Waals surface area (Å²) in [5.41, 5.74) is 0. The summed E-state index contributed by atoms with van der Waals surface area (Å²) in [4.78, 5) is 24.1. The lowest BCUT2D eigenvalue weighted by Crippen LogP contribution is -2.38. The quantitative estimate of drug-likeness (QED) is 0.629. The summed E-state index contributed by atoms with van der Waals surface area (Å²) in [7, 11) is 0. The van der Waals surface area contributed by atoms with Crippen molar-refractivity contribution in [2.24, 2.45) is 0 Å². The molecule has 1 heterocycles. The molecule has 0 aromatic heterocycles. The highest BCUT2D eigenvalue weighted by molar-refractivity contribution is 5.73. The minimum Gasteiger partial charge on any atom is -0.466 e. The third-order valence-electron chi connectivity index (χ3n) is 2.86. The Hall–Kier alpha value is -1.14. The molecule has 2 N–H and O–H groups in total. The molecule has 1 aliphatic rings. The first-order valence-electron chi connectivity index (χ1n) is 6.34. The predicted octanol–water partition coefficient (Wildman–Crippen LogP) is -0.489. The molecule has 2 atom stereocenters. The van der Waals surface area contributed by atoms with Crippen molar-refractivity contribution < 1.29 is 19.4 Å². The van der Waals surface area contributed by atoms with Gasteiger partial charge in [-0.3, -0.25) is 14.5 Å². The largest absolute Gasteiger partial charge is 0.466 e. The second kappa shape index (κ2) is 7.33. The van der Waals surface area contributed by atoms with Crippen LogP contribution in [0.15, 0.2) is 0 Å². The van der Waals surface area contributed by atoms with Crippen LogP contribution in [0.5, 0.6) is 0 Å². The number of amides is 1. The molecule has 0 spiro atoms. The number of aliphatic hydroxyl groups is 1. The molecule has 2 unspecified atom stereocenters. The molecular formula is C12H22N2O4. The number of ether oxygens (including phenoxy) is 1. The Morgan fingerprint density at radius 2 is 2.28 bits per heavy atom. The Morgan fingerprint density at radius 1 is 1.56 bits per heavy atom. The zero-order valence-electron chi connectivity index (χ0n) is 11.0. The highest BCUT2D eigenvalue weighted by Gasteiger charge is 2.25. The summed E-state index contributed by atoms with van der Waals surface area (Å²) in [6, 6.07) is 0.150. The fourth-order valence-corrected chi connectivity index (χ4v) is 2.18. The van der Waals surface area contributed by atoms with Crippen LogP contribution in [-0.4, -0.2) is 60.3 Å². The topological polar surface area (TPSA) is 78.9 Å². The Labute approximate surface area is 107 Å². The average Bonchev–Trinajstić information content (AvgIpc) is 2.64. The number of hydrogen-bond donors (Lipinski definition) is 2. The minimum atomic E-state index is -0.708. The second-order valence-electron chi connectivity index (χ2n) is 4.61. The van der Waals surface area contributed by atoms with E-state index in [9.17, 15) is 14.7 Å². The van der Waals surface area contributed by atoms with Crippen molar-refractivity contribution in [3.8, 4) is 0 Å². The predicted molar refractivity (Wildman–Crippen MR) is 65.9 cm³/mol. The molecule has 0 saturated carbocycles. The van der Waals surface area contributed by atoms with Gasteiger partial charge in [0.2, 0.25) is 5.91 Å². The monoisotopic (exact) mass is 258 g/mol. The van der Waals surface area contributed by atoms with Gasteiger partial charge in [0.25, 0.3) is 0 Å². The van der Waals surface area contributed by atoms with Crippen molar-refractivity contribution in [1.29, 1.82) is 0 Å². The summed E-state index contributed by atoms with van der Waals surface area (Å²) in [6.07, 6.45) is 0.195. The molecule has 0 radical (unpaired) electrons. The fourth-order valence-electron chi connectivity index (χ4n) is 2.18. The van der Waals surface area contributed by atoms with E-state index in [0.29, 0.717) is 13.2 Å². The van der Waals surface area contributed by atoms with Crippen molar-refractivity contribution in [3.63, 3.8) is 0 Å². The van der Waals surface area contributed by atoms with Gasteiger partial charge in [0.05, 0.1) is 19.1 Å². The van der Waals surface area contributed by atoms with Crippen LogP contribution in [0.4, 0.5) is 0 Å². The lowest BCUT2D eigenvalue weighted by atomic mass is 10.2. The van der Waals surface area contributed by atoms with Gasteiger partial charge in [0.1, 0.15) is 0 Å². The molecule has 6 nitrogen and oxygen atoms in total. The third kappa shape index (κ3) is 5.46. The molecule has 104 valence electrons.